The molecule has 0 spiro atoms. The normalized spacial score (nSPS) is 19.8. The monoisotopic (exact) mass is 1020 g/mol. The Kier molecular flexibility index (Phi) is 46.5. The summed E-state index contributed by atoms with van der Waals surface area (Å²) in [5.41, 5.74) is 0. The molecule has 420 valence electrons. The summed E-state index contributed by atoms with van der Waals surface area (Å²) in [7, 11) is 0. The Labute approximate surface area is 440 Å². The minimum atomic E-state index is -1.61. The van der Waals surface area contributed by atoms with Gasteiger partial charge in [-0.1, -0.05) is 262 Å². The zero-order valence-corrected chi connectivity index (χ0v) is 46.3. The van der Waals surface area contributed by atoms with E-state index < -0.39 is 67.4 Å². The second kappa shape index (κ2) is 49.5. The highest BCUT2D eigenvalue weighted by Gasteiger charge is 2.47. The molecule has 11 nitrogen and oxygen atoms in total. The van der Waals surface area contributed by atoms with Crippen LogP contribution in [-0.4, -0.2) is 99.6 Å². The number of esters is 1. The number of aliphatic hydroxyl groups is 5. The van der Waals surface area contributed by atoms with E-state index in [4.69, 9.17) is 14.2 Å². The summed E-state index contributed by atoms with van der Waals surface area (Å²) in [6.07, 6.45) is 48.6. The number of rotatable bonds is 50. The van der Waals surface area contributed by atoms with Crippen LogP contribution in [0, 0.1) is 0 Å². The van der Waals surface area contributed by atoms with E-state index in [0.717, 1.165) is 83.5 Å². The fourth-order valence-corrected chi connectivity index (χ4v) is 9.30. The van der Waals surface area contributed by atoms with E-state index >= 15 is 0 Å². The van der Waals surface area contributed by atoms with Gasteiger partial charge in [-0.05, 0) is 44.9 Å². The van der Waals surface area contributed by atoms with Gasteiger partial charge < -0.3 is 45.1 Å². The molecule has 0 aromatic rings. The molecule has 8 unspecified atom stereocenters. The van der Waals surface area contributed by atoms with Crippen LogP contribution in [0.5, 0.6) is 0 Å². The number of allylic oxidation sites excluding steroid dienone is 7. The van der Waals surface area contributed by atoms with Gasteiger partial charge in [-0.15, -0.1) is 0 Å². The van der Waals surface area contributed by atoms with Crippen molar-refractivity contribution in [3.8, 4) is 0 Å². The maximum absolute atomic E-state index is 13.4. The second-order valence-corrected chi connectivity index (χ2v) is 20.8. The van der Waals surface area contributed by atoms with Crippen molar-refractivity contribution < 1.29 is 49.3 Å². The van der Waals surface area contributed by atoms with E-state index in [2.05, 4.69) is 50.4 Å². The third-order valence-electron chi connectivity index (χ3n) is 14.1. The lowest BCUT2D eigenvalue weighted by Crippen LogP contribution is -2.61. The van der Waals surface area contributed by atoms with Crippen molar-refractivity contribution >= 4 is 11.9 Å². The van der Waals surface area contributed by atoms with Crippen LogP contribution in [0.3, 0.4) is 0 Å². The summed E-state index contributed by atoms with van der Waals surface area (Å²) in [4.78, 5) is 26.5. The summed E-state index contributed by atoms with van der Waals surface area (Å²) in [6.45, 7) is 5.66. The van der Waals surface area contributed by atoms with Crippen LogP contribution in [0.4, 0.5) is 0 Å². The van der Waals surface area contributed by atoms with Gasteiger partial charge in [-0.3, -0.25) is 9.59 Å². The Morgan fingerprint density at radius 1 is 0.556 bits per heavy atom. The second-order valence-electron chi connectivity index (χ2n) is 20.8. The molecule has 11 heteroatoms. The third-order valence-corrected chi connectivity index (χ3v) is 14.1. The molecular weight excluding hydrogens is 907 g/mol. The minimum Gasteiger partial charge on any atom is -0.454 e. The van der Waals surface area contributed by atoms with Crippen LogP contribution in [-0.2, 0) is 23.8 Å². The molecular formula is C61H111NO10. The van der Waals surface area contributed by atoms with Crippen molar-refractivity contribution in [2.45, 2.75) is 314 Å². The standard InChI is InChI=1S/C61H111NO10/c1-4-7-10-13-16-19-22-25-27-28-29-31-34-37-40-43-46-49-56(66)72-59-58(68)57(67)55(50-63)71-61(59)70-51-52(53(64)47-44-41-38-35-32-24-21-18-15-12-9-6-3)62-60(69)54(65)48-45-42-39-36-33-30-26-23-20-17-14-11-8-5-2/h8,11,14,17,20,23,44,47,52-55,57-59,61,63-65,67-68H,4-7,9-10,12-13,15-16,18-19,21-22,24-43,45-46,48-51H2,1-3H3,(H,62,69)/b11-8+,17-14+,23-20+,47-44+. The number of nitrogens with one attached hydrogen (secondary N) is 1. The van der Waals surface area contributed by atoms with E-state index in [9.17, 15) is 35.1 Å². The molecule has 6 N–H and O–H groups in total. The fraction of sp³-hybridized carbons (Fsp3) is 0.836. The Bertz CT molecular complexity index is 1350. The number of carbonyl (C=O) groups excluding carboxylic acids is 2. The first-order valence-corrected chi connectivity index (χ1v) is 29.9. The van der Waals surface area contributed by atoms with Gasteiger partial charge in [-0.2, -0.15) is 0 Å². The number of ether oxygens (including phenoxy) is 3. The molecule has 1 aliphatic heterocycles. The van der Waals surface area contributed by atoms with Crippen molar-refractivity contribution in [2.24, 2.45) is 0 Å². The van der Waals surface area contributed by atoms with Gasteiger partial charge in [0.15, 0.2) is 12.4 Å². The molecule has 1 saturated heterocycles. The quantitative estimate of drug-likeness (QED) is 0.0149. The smallest absolute Gasteiger partial charge is 0.306 e. The Balaban J connectivity index is 2.70. The maximum atomic E-state index is 13.4. The number of unbranched alkanes of at least 4 members (excludes halogenated alkanes) is 32. The van der Waals surface area contributed by atoms with Crippen LogP contribution in [0.1, 0.15) is 265 Å². The summed E-state index contributed by atoms with van der Waals surface area (Å²) < 4.78 is 17.6. The van der Waals surface area contributed by atoms with Crippen LogP contribution < -0.4 is 5.32 Å². The molecule has 0 aliphatic carbocycles. The number of hydrogen-bond acceptors (Lipinski definition) is 10. The van der Waals surface area contributed by atoms with Crippen LogP contribution in [0.15, 0.2) is 48.6 Å². The molecule has 0 aromatic heterocycles. The van der Waals surface area contributed by atoms with E-state index in [1.165, 1.54) is 135 Å². The molecule has 0 radical (unpaired) electrons. The average Bonchev–Trinajstić information content (AvgIpc) is 3.38. The SMILES string of the molecule is CC/C=C/C=C/C=C/CCCCCCCCC(O)C(=O)NC(COC1OC(CO)C(O)C(O)C1OC(=O)CCCCCCCCCCCCCCCCCCC)C(O)/C=C/CCCCCCCCCCCC. The van der Waals surface area contributed by atoms with Crippen LogP contribution in [0.25, 0.3) is 0 Å². The molecule has 1 rings (SSSR count). The van der Waals surface area contributed by atoms with Crippen LogP contribution >= 0.6 is 0 Å². The van der Waals surface area contributed by atoms with Gasteiger partial charge in [0, 0.05) is 6.42 Å². The van der Waals surface area contributed by atoms with Gasteiger partial charge in [0.2, 0.25) is 5.91 Å². The van der Waals surface area contributed by atoms with Gasteiger partial charge in [-0.25, -0.2) is 0 Å². The van der Waals surface area contributed by atoms with Gasteiger partial charge >= 0.3 is 5.97 Å². The lowest BCUT2D eigenvalue weighted by atomic mass is 9.99. The van der Waals surface area contributed by atoms with Crippen LogP contribution in [0.2, 0.25) is 0 Å². The molecule has 1 amide bonds. The largest absolute Gasteiger partial charge is 0.454 e. The molecule has 72 heavy (non-hydrogen) atoms. The maximum Gasteiger partial charge on any atom is 0.306 e. The highest BCUT2D eigenvalue weighted by molar-refractivity contribution is 5.80. The number of carbonyl (C=O) groups is 2. The van der Waals surface area contributed by atoms with Gasteiger partial charge in [0.1, 0.15) is 24.4 Å². The Hall–Kier alpha value is -2.38. The van der Waals surface area contributed by atoms with Crippen molar-refractivity contribution in [3.63, 3.8) is 0 Å². The van der Waals surface area contributed by atoms with E-state index in [0.29, 0.717) is 12.8 Å². The van der Waals surface area contributed by atoms with Crippen molar-refractivity contribution in [2.75, 3.05) is 13.2 Å². The van der Waals surface area contributed by atoms with E-state index in [1.807, 2.05) is 18.2 Å². The average molecular weight is 1020 g/mol. The zero-order valence-electron chi connectivity index (χ0n) is 46.3. The summed E-state index contributed by atoms with van der Waals surface area (Å²) in [5, 5.41) is 56.9. The third kappa shape index (κ3) is 37.4. The summed E-state index contributed by atoms with van der Waals surface area (Å²) >= 11 is 0. The molecule has 0 bridgehead atoms. The molecule has 0 saturated carbocycles. The minimum absolute atomic E-state index is 0.125. The van der Waals surface area contributed by atoms with Crippen molar-refractivity contribution in [1.29, 1.82) is 0 Å². The lowest BCUT2D eigenvalue weighted by Gasteiger charge is -2.41. The van der Waals surface area contributed by atoms with Crippen molar-refractivity contribution in [3.05, 3.63) is 48.6 Å². The van der Waals surface area contributed by atoms with Gasteiger partial charge in [0.05, 0.1) is 25.4 Å². The van der Waals surface area contributed by atoms with Gasteiger partial charge in [0.25, 0.3) is 0 Å². The topological polar surface area (TPSA) is 175 Å². The lowest BCUT2D eigenvalue weighted by molar-refractivity contribution is -0.305. The molecule has 1 fully saturated rings. The number of amides is 1. The Morgan fingerprint density at radius 3 is 1.49 bits per heavy atom. The van der Waals surface area contributed by atoms with E-state index in [-0.39, 0.29) is 19.4 Å². The molecule has 1 aliphatic rings. The highest BCUT2D eigenvalue weighted by atomic mass is 16.7. The Morgan fingerprint density at radius 2 is 1.00 bits per heavy atom. The van der Waals surface area contributed by atoms with Crippen molar-refractivity contribution in [1.82, 2.24) is 5.32 Å². The first-order chi connectivity index (χ1) is 35.2. The first-order valence-electron chi connectivity index (χ1n) is 29.9. The molecule has 8 atom stereocenters. The van der Waals surface area contributed by atoms with E-state index in [1.54, 1.807) is 6.08 Å². The first kappa shape index (κ1) is 67.6. The molecule has 1 heterocycles. The predicted molar refractivity (Wildman–Crippen MR) is 297 cm³/mol. The molecule has 0 aromatic carbocycles. The number of hydrogen-bond donors (Lipinski definition) is 6. The zero-order chi connectivity index (χ0) is 52.5. The highest BCUT2D eigenvalue weighted by Crippen LogP contribution is 2.26. The summed E-state index contributed by atoms with van der Waals surface area (Å²) in [6, 6.07) is -1.03. The number of aliphatic hydroxyl groups excluding tert-OH is 5. The fourth-order valence-electron chi connectivity index (χ4n) is 9.30. The summed E-state index contributed by atoms with van der Waals surface area (Å²) in [5.74, 6) is -1.20. The predicted octanol–water partition coefficient (Wildman–Crippen LogP) is 13.7.